The van der Waals surface area contributed by atoms with E-state index in [4.69, 9.17) is 0 Å². The van der Waals surface area contributed by atoms with Crippen molar-refractivity contribution >= 4 is 0 Å². The van der Waals surface area contributed by atoms with Gasteiger partial charge in [0.05, 0.1) is 6.04 Å². The van der Waals surface area contributed by atoms with Crippen molar-refractivity contribution in [2.24, 2.45) is 0 Å². The number of likely N-dealkylation sites (N-methyl/N-ethyl adjacent to an activating group) is 1. The minimum atomic E-state index is 0.443. The third-order valence-corrected chi connectivity index (χ3v) is 2.37. The van der Waals surface area contributed by atoms with Crippen molar-refractivity contribution in [1.29, 1.82) is 0 Å². The minimum Gasteiger partial charge on any atom is -0.370 e. The first-order chi connectivity index (χ1) is 5.77. The van der Waals surface area contributed by atoms with E-state index in [1.807, 2.05) is 0 Å². The Bertz CT molecular complexity index is 305. The van der Waals surface area contributed by atoms with E-state index in [1.54, 1.807) is 0 Å². The highest BCUT2D eigenvalue weighted by Crippen LogP contribution is 2.22. The molecule has 1 atom stereocenters. The molecule has 1 heterocycles. The Morgan fingerprint density at radius 3 is 3.00 bits per heavy atom. The average molecular weight is 159 g/mol. The van der Waals surface area contributed by atoms with Crippen molar-refractivity contribution in [2.45, 2.75) is 13.0 Å². The summed E-state index contributed by atoms with van der Waals surface area (Å²) in [6.45, 7) is 2.15. The van der Waals surface area contributed by atoms with Crippen LogP contribution in [0.25, 0.3) is 0 Å². The molecule has 0 aromatic carbocycles. The lowest BCUT2D eigenvalue weighted by Gasteiger charge is -2.26. The summed E-state index contributed by atoms with van der Waals surface area (Å²) < 4.78 is 0. The molecule has 1 unspecified atom stereocenters. The molecule has 1 heteroatoms. The van der Waals surface area contributed by atoms with E-state index >= 15 is 0 Å². The van der Waals surface area contributed by atoms with Gasteiger partial charge in [-0.25, -0.2) is 0 Å². The lowest BCUT2D eigenvalue weighted by atomic mass is 10.0. The van der Waals surface area contributed by atoms with Gasteiger partial charge in [0.2, 0.25) is 0 Å². The van der Waals surface area contributed by atoms with Crippen LogP contribution < -0.4 is 0 Å². The SMILES string of the molecule is CC1=CN(C)C2C=CC=CC1=C2. The topological polar surface area (TPSA) is 3.24 Å². The number of rotatable bonds is 0. The normalized spacial score (nSPS) is 26.5. The molecule has 2 aliphatic rings. The minimum absolute atomic E-state index is 0.443. The van der Waals surface area contributed by atoms with Gasteiger partial charge in [-0.1, -0.05) is 30.4 Å². The summed E-state index contributed by atoms with van der Waals surface area (Å²) in [5, 5.41) is 0. The lowest BCUT2D eigenvalue weighted by Crippen LogP contribution is -2.26. The maximum Gasteiger partial charge on any atom is 0.0660 e. The van der Waals surface area contributed by atoms with Crippen LogP contribution in [0, 0.1) is 0 Å². The predicted octanol–water partition coefficient (Wildman–Crippen LogP) is 2.26. The van der Waals surface area contributed by atoms with Crippen LogP contribution in [0.3, 0.4) is 0 Å². The summed E-state index contributed by atoms with van der Waals surface area (Å²) >= 11 is 0. The molecule has 12 heavy (non-hydrogen) atoms. The smallest absolute Gasteiger partial charge is 0.0660 e. The second-order valence-corrected chi connectivity index (χ2v) is 3.33. The molecule has 2 rings (SSSR count). The first kappa shape index (κ1) is 7.41. The fraction of sp³-hybridized carbons (Fsp3) is 0.273. The van der Waals surface area contributed by atoms with Crippen LogP contribution >= 0.6 is 0 Å². The van der Waals surface area contributed by atoms with E-state index in [0.717, 1.165) is 0 Å². The summed E-state index contributed by atoms with van der Waals surface area (Å²) in [5.41, 5.74) is 2.69. The lowest BCUT2D eigenvalue weighted by molar-refractivity contribution is 0.428. The van der Waals surface area contributed by atoms with Gasteiger partial charge in [-0.15, -0.1) is 0 Å². The zero-order chi connectivity index (χ0) is 8.55. The highest BCUT2D eigenvalue weighted by Gasteiger charge is 2.13. The Hall–Kier alpha value is -1.24. The third kappa shape index (κ3) is 1.11. The van der Waals surface area contributed by atoms with E-state index < -0.39 is 0 Å². The van der Waals surface area contributed by atoms with Gasteiger partial charge in [0, 0.05) is 13.2 Å². The quantitative estimate of drug-likeness (QED) is 0.524. The Kier molecular flexibility index (Phi) is 1.65. The number of hydrogen-bond acceptors (Lipinski definition) is 1. The van der Waals surface area contributed by atoms with Crippen LogP contribution in [0.1, 0.15) is 6.92 Å². The van der Waals surface area contributed by atoms with E-state index in [0.29, 0.717) is 6.04 Å². The molecule has 62 valence electrons. The average Bonchev–Trinajstić information content (AvgIpc) is 2.24. The molecule has 0 fully saturated rings. The highest BCUT2D eigenvalue weighted by atomic mass is 15.1. The van der Waals surface area contributed by atoms with E-state index in [2.05, 4.69) is 55.5 Å². The molecular weight excluding hydrogens is 146 g/mol. The molecule has 0 radical (unpaired) electrons. The first-order valence-corrected chi connectivity index (χ1v) is 4.25. The Morgan fingerprint density at radius 1 is 1.33 bits per heavy atom. The number of nitrogens with zero attached hydrogens (tertiary/aromatic N) is 1. The van der Waals surface area contributed by atoms with Gasteiger partial charge in [0.1, 0.15) is 0 Å². The van der Waals surface area contributed by atoms with Gasteiger partial charge < -0.3 is 4.90 Å². The molecule has 0 aromatic rings. The zero-order valence-electron chi connectivity index (χ0n) is 7.49. The molecular formula is C11H13N. The molecule has 1 nitrogen and oxygen atoms in total. The highest BCUT2D eigenvalue weighted by molar-refractivity contribution is 5.45. The van der Waals surface area contributed by atoms with Crippen LogP contribution in [0.4, 0.5) is 0 Å². The first-order valence-electron chi connectivity index (χ1n) is 4.25. The molecule has 0 N–H and O–H groups in total. The van der Waals surface area contributed by atoms with Crippen molar-refractivity contribution in [3.8, 4) is 0 Å². The van der Waals surface area contributed by atoms with Gasteiger partial charge in [0.15, 0.2) is 0 Å². The molecule has 2 bridgehead atoms. The van der Waals surface area contributed by atoms with Crippen molar-refractivity contribution in [3.63, 3.8) is 0 Å². The van der Waals surface area contributed by atoms with E-state index in [9.17, 15) is 0 Å². The zero-order valence-corrected chi connectivity index (χ0v) is 7.49. The molecule has 1 aliphatic heterocycles. The van der Waals surface area contributed by atoms with Gasteiger partial charge in [0.25, 0.3) is 0 Å². The van der Waals surface area contributed by atoms with Crippen LogP contribution in [-0.2, 0) is 0 Å². The maximum absolute atomic E-state index is 2.29. The second-order valence-electron chi connectivity index (χ2n) is 3.33. The van der Waals surface area contributed by atoms with Crippen LogP contribution in [-0.4, -0.2) is 18.0 Å². The summed E-state index contributed by atoms with van der Waals surface area (Å²) in [6, 6.07) is 0.443. The number of hydrogen-bond donors (Lipinski definition) is 0. The molecule has 0 spiro atoms. The number of allylic oxidation sites excluding steroid dienone is 5. The second kappa shape index (κ2) is 2.67. The van der Waals surface area contributed by atoms with Gasteiger partial charge in [-0.05, 0) is 18.1 Å². The van der Waals surface area contributed by atoms with Crippen molar-refractivity contribution in [3.05, 3.63) is 47.7 Å². The molecule has 0 saturated heterocycles. The van der Waals surface area contributed by atoms with Crippen LogP contribution in [0.5, 0.6) is 0 Å². The largest absolute Gasteiger partial charge is 0.370 e. The fourth-order valence-electron chi connectivity index (χ4n) is 1.61. The Morgan fingerprint density at radius 2 is 2.17 bits per heavy atom. The Balaban J connectivity index is 2.42. The van der Waals surface area contributed by atoms with Crippen molar-refractivity contribution in [1.82, 2.24) is 4.90 Å². The fourth-order valence-corrected chi connectivity index (χ4v) is 1.61. The summed E-state index contributed by atoms with van der Waals surface area (Å²) in [7, 11) is 2.11. The van der Waals surface area contributed by atoms with Gasteiger partial charge in [-0.3, -0.25) is 0 Å². The van der Waals surface area contributed by atoms with Crippen LogP contribution in [0.2, 0.25) is 0 Å². The molecule has 0 saturated carbocycles. The van der Waals surface area contributed by atoms with Gasteiger partial charge in [-0.2, -0.15) is 0 Å². The van der Waals surface area contributed by atoms with Crippen molar-refractivity contribution < 1.29 is 0 Å². The summed E-state index contributed by atoms with van der Waals surface area (Å²) in [4.78, 5) is 2.22. The molecule has 0 amide bonds. The number of fused-ring (bicyclic) bond motifs is 1. The van der Waals surface area contributed by atoms with E-state index in [1.165, 1.54) is 11.1 Å². The standard InChI is InChI=1S/C11H13N/c1-9-8-12(2)11-6-4-3-5-10(9)7-11/h3-8,11H,1-2H3. The molecule has 0 aromatic heterocycles. The Labute approximate surface area is 73.4 Å². The van der Waals surface area contributed by atoms with Crippen LogP contribution in [0.15, 0.2) is 47.7 Å². The monoisotopic (exact) mass is 159 g/mol. The third-order valence-electron chi connectivity index (χ3n) is 2.37. The summed E-state index contributed by atoms with van der Waals surface area (Å²) in [5.74, 6) is 0. The predicted molar refractivity (Wildman–Crippen MR) is 51.7 cm³/mol. The van der Waals surface area contributed by atoms with E-state index in [-0.39, 0.29) is 0 Å². The van der Waals surface area contributed by atoms with Crippen molar-refractivity contribution in [2.75, 3.05) is 7.05 Å². The molecule has 1 aliphatic carbocycles. The summed E-state index contributed by atoms with van der Waals surface area (Å²) in [6.07, 6.45) is 13.1. The maximum atomic E-state index is 2.29. The van der Waals surface area contributed by atoms with Gasteiger partial charge >= 0.3 is 0 Å².